The normalized spacial score (nSPS) is 25.4. The van der Waals surface area contributed by atoms with Gasteiger partial charge in [0.25, 0.3) is 0 Å². The molecule has 2 atom stereocenters. The molecular weight excluding hydrogens is 346 g/mol. The minimum atomic E-state index is -0.326. The predicted octanol–water partition coefficient (Wildman–Crippen LogP) is 0.895. The van der Waals surface area contributed by atoms with Crippen molar-refractivity contribution < 1.29 is 19.3 Å². The predicted molar refractivity (Wildman–Crippen MR) is 105 cm³/mol. The molecule has 3 rings (SSSR count). The molecule has 27 heavy (non-hydrogen) atoms. The molecule has 2 aliphatic heterocycles. The molecule has 1 N–H and O–H groups in total. The van der Waals surface area contributed by atoms with Gasteiger partial charge < -0.3 is 24.2 Å². The summed E-state index contributed by atoms with van der Waals surface area (Å²) in [5, 5.41) is 10.8. The summed E-state index contributed by atoms with van der Waals surface area (Å²) in [7, 11) is 7.09. The summed E-state index contributed by atoms with van der Waals surface area (Å²) in [6.07, 6.45) is 0.661. The zero-order valence-corrected chi connectivity index (χ0v) is 17.0. The Morgan fingerprint density at radius 2 is 1.56 bits per heavy atom. The smallest absolute Gasteiger partial charge is 0.164 e. The number of hydrogen-bond acceptors (Lipinski definition) is 7. The summed E-state index contributed by atoms with van der Waals surface area (Å²) in [5.41, 5.74) is 1.04. The first-order valence-corrected chi connectivity index (χ1v) is 9.67. The number of likely N-dealkylation sites (N-methyl/N-ethyl adjacent to an activating group) is 1. The fourth-order valence-electron chi connectivity index (χ4n) is 4.16. The first-order chi connectivity index (χ1) is 13.0. The number of β-amino-alcohol motifs (C(OH)–C–C–N with tert-alkyl or cyclic N) is 1. The van der Waals surface area contributed by atoms with Gasteiger partial charge in [0, 0.05) is 63.5 Å². The summed E-state index contributed by atoms with van der Waals surface area (Å²) in [5.74, 6) is 2.14. The number of nitrogens with zero attached hydrogens (tertiary/aromatic N) is 3. The van der Waals surface area contributed by atoms with E-state index in [0.29, 0.717) is 18.0 Å². The number of piperazine rings is 1. The molecule has 2 saturated heterocycles. The van der Waals surface area contributed by atoms with Crippen LogP contribution >= 0.6 is 0 Å². The van der Waals surface area contributed by atoms with Crippen LogP contribution in [0.15, 0.2) is 12.1 Å². The number of benzene rings is 1. The van der Waals surface area contributed by atoms with Crippen LogP contribution in [0, 0.1) is 0 Å². The average molecular weight is 380 g/mol. The van der Waals surface area contributed by atoms with Crippen LogP contribution in [-0.4, -0.2) is 99.6 Å². The van der Waals surface area contributed by atoms with Gasteiger partial charge in [-0.2, -0.15) is 0 Å². The van der Waals surface area contributed by atoms with Crippen molar-refractivity contribution in [3.8, 4) is 17.2 Å². The van der Waals surface area contributed by atoms with Crippen LogP contribution in [-0.2, 0) is 6.54 Å². The maximum atomic E-state index is 10.8. The van der Waals surface area contributed by atoms with E-state index < -0.39 is 0 Å². The highest BCUT2D eigenvalue weighted by molar-refractivity contribution is 5.50. The minimum absolute atomic E-state index is 0.266. The first kappa shape index (κ1) is 20.2. The van der Waals surface area contributed by atoms with Crippen LogP contribution in [0.5, 0.6) is 17.2 Å². The highest BCUT2D eigenvalue weighted by Crippen LogP contribution is 2.35. The number of ether oxygens (including phenoxy) is 3. The Kier molecular flexibility index (Phi) is 6.81. The molecule has 0 amide bonds. The van der Waals surface area contributed by atoms with E-state index in [0.717, 1.165) is 57.0 Å². The molecule has 0 aromatic heterocycles. The molecule has 2 heterocycles. The molecule has 7 heteroatoms. The van der Waals surface area contributed by atoms with Crippen molar-refractivity contribution in [2.45, 2.75) is 25.1 Å². The van der Waals surface area contributed by atoms with Gasteiger partial charge in [0.1, 0.15) is 5.75 Å². The zero-order chi connectivity index (χ0) is 19.4. The first-order valence-electron chi connectivity index (χ1n) is 9.67. The van der Waals surface area contributed by atoms with Crippen molar-refractivity contribution >= 4 is 0 Å². The molecule has 2 fully saturated rings. The lowest BCUT2D eigenvalue weighted by molar-refractivity contribution is -0.0287. The second kappa shape index (κ2) is 9.10. The fraction of sp³-hybridized carbons (Fsp3) is 0.700. The van der Waals surface area contributed by atoms with Crippen LogP contribution in [0.4, 0.5) is 0 Å². The molecule has 2 aliphatic rings. The van der Waals surface area contributed by atoms with Crippen molar-refractivity contribution in [2.24, 2.45) is 0 Å². The monoisotopic (exact) mass is 379 g/mol. The maximum absolute atomic E-state index is 10.8. The van der Waals surface area contributed by atoms with Crippen molar-refractivity contribution in [3.63, 3.8) is 0 Å². The van der Waals surface area contributed by atoms with Gasteiger partial charge >= 0.3 is 0 Å². The summed E-state index contributed by atoms with van der Waals surface area (Å²) in [6, 6.07) is 4.10. The van der Waals surface area contributed by atoms with Crippen molar-refractivity contribution in [1.29, 1.82) is 0 Å². The summed E-state index contributed by atoms with van der Waals surface area (Å²) < 4.78 is 16.3. The number of likely N-dealkylation sites (tertiary alicyclic amines) is 1. The number of methoxy groups -OCH3 is 3. The van der Waals surface area contributed by atoms with Gasteiger partial charge in [0.2, 0.25) is 0 Å². The van der Waals surface area contributed by atoms with Crippen LogP contribution in [0.1, 0.15) is 12.0 Å². The van der Waals surface area contributed by atoms with E-state index in [1.807, 2.05) is 12.1 Å². The van der Waals surface area contributed by atoms with E-state index in [2.05, 4.69) is 21.7 Å². The van der Waals surface area contributed by atoms with E-state index in [9.17, 15) is 5.11 Å². The van der Waals surface area contributed by atoms with Gasteiger partial charge in [-0.1, -0.05) is 0 Å². The summed E-state index contributed by atoms with van der Waals surface area (Å²) >= 11 is 0. The van der Waals surface area contributed by atoms with Gasteiger partial charge in [0.05, 0.1) is 27.4 Å². The Labute approximate surface area is 162 Å². The summed E-state index contributed by atoms with van der Waals surface area (Å²) in [6.45, 7) is 6.60. The molecule has 0 spiro atoms. The lowest BCUT2D eigenvalue weighted by atomic mass is 9.98. The second-order valence-electron chi connectivity index (χ2n) is 7.52. The number of hydrogen-bond donors (Lipinski definition) is 1. The van der Waals surface area contributed by atoms with Gasteiger partial charge in [-0.3, -0.25) is 9.80 Å². The zero-order valence-electron chi connectivity index (χ0n) is 17.0. The third-order valence-electron chi connectivity index (χ3n) is 5.82. The molecule has 0 saturated carbocycles. The van der Waals surface area contributed by atoms with Crippen molar-refractivity contribution in [2.75, 3.05) is 67.6 Å². The molecule has 1 aromatic carbocycles. The van der Waals surface area contributed by atoms with Crippen LogP contribution in [0.3, 0.4) is 0 Å². The molecule has 7 nitrogen and oxygen atoms in total. The van der Waals surface area contributed by atoms with Gasteiger partial charge in [-0.15, -0.1) is 0 Å². The maximum Gasteiger partial charge on any atom is 0.164 e. The minimum Gasteiger partial charge on any atom is -0.496 e. The average Bonchev–Trinajstić information content (AvgIpc) is 2.68. The van der Waals surface area contributed by atoms with Gasteiger partial charge in [-0.05, 0) is 19.5 Å². The fourth-order valence-corrected chi connectivity index (χ4v) is 4.16. The molecule has 1 aromatic rings. The highest BCUT2D eigenvalue weighted by Gasteiger charge is 2.33. The van der Waals surface area contributed by atoms with E-state index in [1.54, 1.807) is 21.3 Å². The lowest BCUT2D eigenvalue weighted by Gasteiger charge is -2.44. The third-order valence-corrected chi connectivity index (χ3v) is 5.82. The largest absolute Gasteiger partial charge is 0.496 e. The molecular formula is C20H33N3O4. The number of rotatable bonds is 6. The Morgan fingerprint density at radius 3 is 2.15 bits per heavy atom. The number of aliphatic hydroxyl groups is 1. The quantitative estimate of drug-likeness (QED) is 0.788. The molecule has 0 unspecified atom stereocenters. The third kappa shape index (κ3) is 4.66. The van der Waals surface area contributed by atoms with E-state index in [-0.39, 0.29) is 12.1 Å². The molecule has 0 bridgehead atoms. The van der Waals surface area contributed by atoms with Crippen molar-refractivity contribution in [1.82, 2.24) is 14.7 Å². The Hall–Kier alpha value is -1.54. The molecule has 152 valence electrons. The second-order valence-corrected chi connectivity index (χ2v) is 7.52. The Balaban J connectivity index is 1.64. The lowest BCUT2D eigenvalue weighted by Crippen LogP contribution is -2.58. The summed E-state index contributed by atoms with van der Waals surface area (Å²) in [4.78, 5) is 7.10. The molecule has 0 aliphatic carbocycles. The van der Waals surface area contributed by atoms with Crippen LogP contribution < -0.4 is 14.2 Å². The number of aliphatic hydroxyl groups excluding tert-OH is 1. The van der Waals surface area contributed by atoms with Crippen molar-refractivity contribution in [3.05, 3.63) is 17.7 Å². The van der Waals surface area contributed by atoms with E-state index in [1.165, 1.54) is 0 Å². The SMILES string of the molecule is COc1cc(OC)c(OC)cc1CN1CC[C@@H](N2CCN(C)CC2)[C@H](O)C1. The standard InChI is InChI=1S/C20H33N3O4/c1-21-7-9-23(10-8-21)16-5-6-22(14-17(16)24)13-15-11-19(26-3)20(27-4)12-18(15)25-2/h11-12,16-17,24H,5-10,13-14H2,1-4H3/t16-,17-/m1/s1. The van der Waals surface area contributed by atoms with Crippen LogP contribution in [0.2, 0.25) is 0 Å². The Morgan fingerprint density at radius 1 is 0.926 bits per heavy atom. The van der Waals surface area contributed by atoms with E-state index in [4.69, 9.17) is 14.2 Å². The number of piperidine rings is 1. The Bertz CT molecular complexity index is 619. The molecule has 0 radical (unpaired) electrons. The van der Waals surface area contributed by atoms with E-state index >= 15 is 0 Å². The van der Waals surface area contributed by atoms with Crippen LogP contribution in [0.25, 0.3) is 0 Å². The highest BCUT2D eigenvalue weighted by atomic mass is 16.5. The van der Waals surface area contributed by atoms with Gasteiger partial charge in [-0.25, -0.2) is 0 Å². The van der Waals surface area contributed by atoms with Gasteiger partial charge in [0.15, 0.2) is 11.5 Å². The topological polar surface area (TPSA) is 57.6 Å².